The first-order valence-corrected chi connectivity index (χ1v) is 12.2. The van der Waals surface area contributed by atoms with Crippen molar-refractivity contribution in [3.63, 3.8) is 0 Å². The van der Waals surface area contributed by atoms with Gasteiger partial charge in [-0.3, -0.25) is 9.36 Å². The minimum absolute atomic E-state index is 0.159. The number of fused-ring (bicyclic) bond motifs is 1. The minimum Gasteiger partial charge on any atom is -0.342 e. The highest BCUT2D eigenvalue weighted by Crippen LogP contribution is 2.34. The average molecular weight is 450 g/mol. The van der Waals surface area contributed by atoms with Crippen LogP contribution in [0.15, 0.2) is 60.0 Å². The van der Waals surface area contributed by atoms with E-state index in [2.05, 4.69) is 41.4 Å². The van der Waals surface area contributed by atoms with Crippen molar-refractivity contribution < 1.29 is 4.79 Å². The summed E-state index contributed by atoms with van der Waals surface area (Å²) < 4.78 is 3.19. The molecule has 158 valence electrons. The second-order valence-corrected chi connectivity index (χ2v) is 9.74. The van der Waals surface area contributed by atoms with Crippen LogP contribution in [0.1, 0.15) is 29.3 Å². The Morgan fingerprint density at radius 2 is 1.90 bits per heavy atom. The van der Waals surface area contributed by atoms with Crippen LogP contribution < -0.4 is 0 Å². The topological polar surface area (TPSA) is 63.9 Å². The molecule has 3 heterocycles. The molecule has 2 aromatic heterocycles. The smallest absolute Gasteiger partial charge is 0.233 e. The van der Waals surface area contributed by atoms with Gasteiger partial charge >= 0.3 is 0 Å². The maximum atomic E-state index is 12.8. The molecule has 0 spiro atoms. The number of likely N-dealkylation sites (tertiary alicyclic amines) is 1. The fourth-order valence-electron chi connectivity index (χ4n) is 3.98. The minimum atomic E-state index is 0.159. The van der Waals surface area contributed by atoms with Crippen LogP contribution in [0, 0.1) is 6.92 Å². The van der Waals surface area contributed by atoms with Crippen LogP contribution in [0.25, 0.3) is 15.9 Å². The molecule has 1 fully saturated rings. The highest BCUT2D eigenvalue weighted by Gasteiger charge is 2.26. The molecule has 5 rings (SSSR count). The molecule has 2 aromatic carbocycles. The van der Waals surface area contributed by atoms with Crippen LogP contribution >= 0.6 is 23.1 Å². The summed E-state index contributed by atoms with van der Waals surface area (Å²) in [6.07, 6.45) is 3.64. The van der Waals surface area contributed by atoms with E-state index >= 15 is 0 Å². The number of benzene rings is 2. The lowest BCUT2D eigenvalue weighted by atomic mass is 9.97. The summed E-state index contributed by atoms with van der Waals surface area (Å²) in [7, 11) is 0. The molecule has 4 aromatic rings. The van der Waals surface area contributed by atoms with Gasteiger partial charge in [0.1, 0.15) is 6.33 Å². The number of hydrogen-bond acceptors (Lipinski definition) is 6. The summed E-state index contributed by atoms with van der Waals surface area (Å²) >= 11 is 3.23. The predicted octanol–water partition coefficient (Wildman–Crippen LogP) is 4.68. The van der Waals surface area contributed by atoms with E-state index in [1.54, 1.807) is 17.7 Å². The lowest BCUT2D eigenvalue weighted by molar-refractivity contribution is -0.129. The molecule has 0 N–H and O–H groups in total. The fourth-order valence-corrected chi connectivity index (χ4v) is 5.94. The first kappa shape index (κ1) is 20.2. The van der Waals surface area contributed by atoms with Crippen molar-refractivity contribution in [3.05, 3.63) is 65.4 Å². The number of thioether (sulfide) groups is 1. The third kappa shape index (κ3) is 4.22. The zero-order chi connectivity index (χ0) is 21.2. The Kier molecular flexibility index (Phi) is 5.74. The Balaban J connectivity index is 1.18. The van der Waals surface area contributed by atoms with E-state index in [-0.39, 0.29) is 5.91 Å². The number of carbonyl (C=O) groups is 1. The van der Waals surface area contributed by atoms with E-state index in [0.717, 1.165) is 47.9 Å². The van der Waals surface area contributed by atoms with Gasteiger partial charge in [-0.05, 0) is 43.5 Å². The van der Waals surface area contributed by atoms with Crippen molar-refractivity contribution in [2.75, 3.05) is 18.8 Å². The van der Waals surface area contributed by atoms with Gasteiger partial charge in [0.2, 0.25) is 5.91 Å². The number of aryl methyl sites for hydroxylation is 1. The van der Waals surface area contributed by atoms with E-state index in [1.807, 2.05) is 33.7 Å². The number of nitrogens with zero attached hydrogens (tertiary/aromatic N) is 5. The van der Waals surface area contributed by atoms with Gasteiger partial charge < -0.3 is 4.90 Å². The summed E-state index contributed by atoms with van der Waals surface area (Å²) in [6, 6.07) is 16.4. The Morgan fingerprint density at radius 3 is 2.71 bits per heavy atom. The molecule has 0 bridgehead atoms. The Bertz CT molecular complexity index is 1180. The van der Waals surface area contributed by atoms with Crippen LogP contribution in [-0.4, -0.2) is 49.4 Å². The lowest BCUT2D eigenvalue weighted by Crippen LogP contribution is -2.39. The standard InChI is InChI=1S/C23H23N5OS2/c1-16-6-2-4-8-19(16)28-15-24-26-23(28)30-14-21(29)27-12-10-17(11-13-27)22-25-18-7-3-5-9-20(18)31-22/h2-9,15,17H,10-14H2,1H3. The van der Waals surface area contributed by atoms with Gasteiger partial charge in [-0.25, -0.2) is 4.98 Å². The van der Waals surface area contributed by atoms with Crippen LogP contribution in [0.5, 0.6) is 0 Å². The average Bonchev–Trinajstić information content (AvgIpc) is 3.45. The summed E-state index contributed by atoms with van der Waals surface area (Å²) in [5.41, 5.74) is 3.27. The van der Waals surface area contributed by atoms with Gasteiger partial charge in [-0.15, -0.1) is 21.5 Å². The zero-order valence-electron chi connectivity index (χ0n) is 17.3. The van der Waals surface area contributed by atoms with Crippen LogP contribution in [0.2, 0.25) is 0 Å². The van der Waals surface area contributed by atoms with E-state index in [4.69, 9.17) is 4.98 Å². The zero-order valence-corrected chi connectivity index (χ0v) is 18.9. The Morgan fingerprint density at radius 1 is 1.13 bits per heavy atom. The van der Waals surface area contributed by atoms with E-state index in [9.17, 15) is 4.79 Å². The van der Waals surface area contributed by atoms with E-state index in [0.29, 0.717) is 11.7 Å². The predicted molar refractivity (Wildman–Crippen MR) is 125 cm³/mol. The second-order valence-electron chi connectivity index (χ2n) is 7.73. The number of hydrogen-bond donors (Lipinski definition) is 0. The van der Waals surface area contributed by atoms with Crippen LogP contribution in [-0.2, 0) is 4.79 Å². The molecular formula is C23H23N5OS2. The summed E-state index contributed by atoms with van der Waals surface area (Å²) in [5, 5.41) is 10.2. The monoisotopic (exact) mass is 449 g/mol. The molecule has 31 heavy (non-hydrogen) atoms. The van der Waals surface area contributed by atoms with Crippen molar-refractivity contribution in [2.24, 2.45) is 0 Å². The summed E-state index contributed by atoms with van der Waals surface area (Å²) in [6.45, 7) is 3.62. The third-order valence-electron chi connectivity index (χ3n) is 5.72. The van der Waals surface area contributed by atoms with Crippen molar-refractivity contribution in [3.8, 4) is 5.69 Å². The number of thiazole rings is 1. The maximum absolute atomic E-state index is 12.8. The molecule has 1 aliphatic heterocycles. The number of rotatable bonds is 5. The van der Waals surface area contributed by atoms with Gasteiger partial charge in [0.15, 0.2) is 5.16 Å². The number of para-hydroxylation sites is 2. The SMILES string of the molecule is Cc1ccccc1-n1cnnc1SCC(=O)N1CCC(c2nc3ccccc3s2)CC1. The lowest BCUT2D eigenvalue weighted by Gasteiger charge is -2.31. The fraction of sp³-hybridized carbons (Fsp3) is 0.304. The molecule has 1 aliphatic rings. The maximum Gasteiger partial charge on any atom is 0.233 e. The molecule has 0 aliphatic carbocycles. The van der Waals surface area contributed by atoms with Crippen molar-refractivity contribution in [1.29, 1.82) is 0 Å². The van der Waals surface area contributed by atoms with Crippen molar-refractivity contribution in [2.45, 2.75) is 30.8 Å². The molecule has 0 unspecified atom stereocenters. The quantitative estimate of drug-likeness (QED) is 0.414. The second kappa shape index (κ2) is 8.80. The Labute approximate surface area is 189 Å². The van der Waals surface area contributed by atoms with Crippen molar-refractivity contribution >= 4 is 39.2 Å². The third-order valence-corrected chi connectivity index (χ3v) is 7.85. The molecule has 1 saturated heterocycles. The Hall–Kier alpha value is -2.71. The molecule has 0 saturated carbocycles. The number of aromatic nitrogens is 4. The molecule has 0 atom stereocenters. The molecular weight excluding hydrogens is 426 g/mol. The highest BCUT2D eigenvalue weighted by atomic mass is 32.2. The van der Waals surface area contributed by atoms with E-state index in [1.165, 1.54) is 21.5 Å². The van der Waals surface area contributed by atoms with Crippen LogP contribution in [0.4, 0.5) is 0 Å². The molecule has 8 heteroatoms. The summed E-state index contributed by atoms with van der Waals surface area (Å²) in [4.78, 5) is 19.6. The van der Waals surface area contributed by atoms with E-state index < -0.39 is 0 Å². The van der Waals surface area contributed by atoms with Crippen molar-refractivity contribution in [1.82, 2.24) is 24.6 Å². The van der Waals surface area contributed by atoms with Gasteiger partial charge in [0.25, 0.3) is 0 Å². The first-order chi connectivity index (χ1) is 15.2. The normalized spacial score (nSPS) is 14.9. The molecule has 0 radical (unpaired) electrons. The van der Waals surface area contributed by atoms with Gasteiger partial charge in [-0.2, -0.15) is 0 Å². The number of piperidine rings is 1. The van der Waals surface area contributed by atoms with Crippen LogP contribution in [0.3, 0.4) is 0 Å². The largest absolute Gasteiger partial charge is 0.342 e. The van der Waals surface area contributed by atoms with Gasteiger partial charge in [0.05, 0.1) is 26.7 Å². The summed E-state index contributed by atoms with van der Waals surface area (Å²) in [5.74, 6) is 0.974. The van der Waals surface area contributed by atoms with Gasteiger partial charge in [-0.1, -0.05) is 42.1 Å². The molecule has 1 amide bonds. The number of carbonyl (C=O) groups excluding carboxylic acids is 1. The first-order valence-electron chi connectivity index (χ1n) is 10.4. The molecule has 6 nitrogen and oxygen atoms in total. The van der Waals surface area contributed by atoms with Gasteiger partial charge in [0, 0.05) is 19.0 Å². The highest BCUT2D eigenvalue weighted by molar-refractivity contribution is 7.99. The number of amides is 1.